The number of hydrogen-bond donors (Lipinski definition) is 2. The first-order chi connectivity index (χ1) is 9.52. The first-order valence-electron chi connectivity index (χ1n) is 6.44. The summed E-state index contributed by atoms with van der Waals surface area (Å²) >= 11 is 0. The van der Waals surface area contributed by atoms with E-state index in [1.165, 1.54) is 0 Å². The fourth-order valence-electron chi connectivity index (χ4n) is 2.53. The minimum atomic E-state index is 0.0199. The number of anilines is 3. The van der Waals surface area contributed by atoms with Crippen molar-refractivity contribution in [2.75, 3.05) is 23.0 Å². The van der Waals surface area contributed by atoms with Crippen molar-refractivity contribution in [3.05, 3.63) is 35.7 Å². The van der Waals surface area contributed by atoms with Crippen LogP contribution >= 0.6 is 0 Å². The van der Waals surface area contributed by atoms with Crippen molar-refractivity contribution >= 4 is 23.0 Å². The summed E-state index contributed by atoms with van der Waals surface area (Å²) in [5.74, 6) is 0.0199. The highest BCUT2D eigenvalue weighted by atomic mass is 16.1. The molecule has 0 saturated heterocycles. The third-order valence-corrected chi connectivity index (χ3v) is 3.47. The van der Waals surface area contributed by atoms with E-state index in [0.717, 1.165) is 22.5 Å². The summed E-state index contributed by atoms with van der Waals surface area (Å²) in [6.07, 6.45) is 4.22. The van der Waals surface area contributed by atoms with Gasteiger partial charge in [0.15, 0.2) is 0 Å². The van der Waals surface area contributed by atoms with E-state index < -0.39 is 0 Å². The zero-order chi connectivity index (χ0) is 14.3. The molecular weight excluding hydrogens is 254 g/mol. The van der Waals surface area contributed by atoms with E-state index in [0.29, 0.717) is 18.7 Å². The van der Waals surface area contributed by atoms with Gasteiger partial charge in [-0.15, -0.1) is 0 Å². The predicted octanol–water partition coefficient (Wildman–Crippen LogP) is 1.13. The first-order valence-corrected chi connectivity index (χ1v) is 6.44. The highest BCUT2D eigenvalue weighted by molar-refractivity contribution is 6.00. The second-order valence-corrected chi connectivity index (χ2v) is 5.17. The number of benzene rings is 1. The number of nitrogens with one attached hydrogen (secondary N) is 1. The number of aromatic nitrogens is 2. The molecule has 0 spiro atoms. The summed E-state index contributed by atoms with van der Waals surface area (Å²) in [4.78, 5) is 13.5. The van der Waals surface area contributed by atoms with E-state index in [-0.39, 0.29) is 5.91 Å². The minimum absolute atomic E-state index is 0.0199. The molecule has 6 heteroatoms. The van der Waals surface area contributed by atoms with Gasteiger partial charge in [0, 0.05) is 38.1 Å². The molecule has 1 aromatic carbocycles. The van der Waals surface area contributed by atoms with Crippen molar-refractivity contribution in [2.45, 2.75) is 13.0 Å². The summed E-state index contributed by atoms with van der Waals surface area (Å²) in [6, 6.07) is 3.81. The molecule has 0 unspecified atom stereocenters. The molecule has 1 aromatic heterocycles. The summed E-state index contributed by atoms with van der Waals surface area (Å²) in [6.45, 7) is 0.713. The number of amides is 1. The third kappa shape index (κ3) is 2.20. The Bertz CT molecular complexity index is 676. The fourth-order valence-corrected chi connectivity index (χ4v) is 2.53. The number of carbonyl (C=O) groups is 1. The monoisotopic (exact) mass is 271 g/mol. The zero-order valence-electron chi connectivity index (χ0n) is 11.6. The summed E-state index contributed by atoms with van der Waals surface area (Å²) in [5.41, 5.74) is 10.6. The molecule has 0 atom stereocenters. The Hall–Kier alpha value is -2.50. The van der Waals surface area contributed by atoms with E-state index in [2.05, 4.69) is 15.3 Å². The van der Waals surface area contributed by atoms with Crippen molar-refractivity contribution in [2.24, 2.45) is 7.05 Å². The van der Waals surface area contributed by atoms with Crippen molar-refractivity contribution in [3.8, 4) is 0 Å². The van der Waals surface area contributed by atoms with Crippen LogP contribution in [0.25, 0.3) is 0 Å². The normalized spacial score (nSPS) is 13.2. The van der Waals surface area contributed by atoms with Crippen LogP contribution in [0.2, 0.25) is 0 Å². The number of nitrogens with zero attached hydrogens (tertiary/aromatic N) is 3. The van der Waals surface area contributed by atoms with Crippen LogP contribution < -0.4 is 16.0 Å². The molecule has 20 heavy (non-hydrogen) atoms. The number of nitrogens with two attached hydrogens (primary N) is 1. The van der Waals surface area contributed by atoms with Gasteiger partial charge in [0.05, 0.1) is 24.0 Å². The van der Waals surface area contributed by atoms with Crippen LogP contribution in [-0.4, -0.2) is 22.7 Å². The van der Waals surface area contributed by atoms with E-state index in [1.54, 1.807) is 4.68 Å². The molecule has 1 aliphatic rings. The van der Waals surface area contributed by atoms with Gasteiger partial charge in [0.1, 0.15) is 0 Å². The Morgan fingerprint density at radius 2 is 2.30 bits per heavy atom. The molecule has 0 bridgehead atoms. The van der Waals surface area contributed by atoms with Crippen LogP contribution in [0, 0.1) is 0 Å². The number of nitrogen functional groups attached to an aromatic ring is 1. The standard InChI is InChI=1S/C14H17N5O/c1-18(7-9-6-16-19(2)8-9)13-5-12-10(3-11(13)15)4-14(20)17-12/h3,5-6,8H,4,7,15H2,1-2H3,(H,17,20). The third-order valence-electron chi connectivity index (χ3n) is 3.47. The Kier molecular flexibility index (Phi) is 2.85. The zero-order valence-corrected chi connectivity index (χ0v) is 11.6. The fraction of sp³-hybridized carbons (Fsp3) is 0.286. The van der Waals surface area contributed by atoms with Gasteiger partial charge in [0.2, 0.25) is 5.91 Å². The lowest BCUT2D eigenvalue weighted by Crippen LogP contribution is -2.17. The average molecular weight is 271 g/mol. The maximum atomic E-state index is 11.4. The molecular formula is C14H17N5O. The van der Waals surface area contributed by atoms with Crippen LogP contribution in [-0.2, 0) is 24.8 Å². The largest absolute Gasteiger partial charge is 0.397 e. The summed E-state index contributed by atoms with van der Waals surface area (Å²) in [7, 11) is 3.87. The van der Waals surface area contributed by atoms with E-state index in [1.807, 2.05) is 38.6 Å². The van der Waals surface area contributed by atoms with Gasteiger partial charge in [-0.05, 0) is 17.7 Å². The second-order valence-electron chi connectivity index (χ2n) is 5.17. The van der Waals surface area contributed by atoms with Gasteiger partial charge < -0.3 is 16.0 Å². The molecule has 0 aliphatic carbocycles. The van der Waals surface area contributed by atoms with Crippen molar-refractivity contribution in [1.82, 2.24) is 9.78 Å². The Balaban J connectivity index is 1.86. The van der Waals surface area contributed by atoms with Crippen LogP contribution in [0.3, 0.4) is 0 Å². The smallest absolute Gasteiger partial charge is 0.228 e. The summed E-state index contributed by atoms with van der Waals surface area (Å²) in [5, 5.41) is 7.01. The van der Waals surface area contributed by atoms with Gasteiger partial charge in [-0.25, -0.2) is 0 Å². The van der Waals surface area contributed by atoms with E-state index in [4.69, 9.17) is 5.73 Å². The van der Waals surface area contributed by atoms with Gasteiger partial charge in [-0.3, -0.25) is 9.48 Å². The van der Waals surface area contributed by atoms with E-state index in [9.17, 15) is 4.79 Å². The molecule has 1 aliphatic heterocycles. The molecule has 2 heterocycles. The van der Waals surface area contributed by atoms with Crippen molar-refractivity contribution in [3.63, 3.8) is 0 Å². The van der Waals surface area contributed by atoms with Crippen LogP contribution in [0.1, 0.15) is 11.1 Å². The molecule has 0 saturated carbocycles. The van der Waals surface area contributed by atoms with Gasteiger partial charge in [-0.1, -0.05) is 0 Å². The van der Waals surface area contributed by atoms with Crippen molar-refractivity contribution < 1.29 is 4.79 Å². The van der Waals surface area contributed by atoms with Crippen molar-refractivity contribution in [1.29, 1.82) is 0 Å². The number of aryl methyl sites for hydroxylation is 1. The lowest BCUT2D eigenvalue weighted by Gasteiger charge is -2.21. The Morgan fingerprint density at radius 3 is 3.00 bits per heavy atom. The second kappa shape index (κ2) is 4.56. The quantitative estimate of drug-likeness (QED) is 0.821. The van der Waals surface area contributed by atoms with Crippen LogP contribution in [0.4, 0.5) is 17.1 Å². The molecule has 2 aromatic rings. The summed E-state index contributed by atoms with van der Waals surface area (Å²) < 4.78 is 1.77. The molecule has 3 rings (SSSR count). The first kappa shape index (κ1) is 12.5. The SMILES string of the molecule is CN(Cc1cnn(C)c1)c1cc2c(cc1N)CC(=O)N2. The Labute approximate surface area is 117 Å². The van der Waals surface area contributed by atoms with Crippen LogP contribution in [0.5, 0.6) is 0 Å². The molecule has 104 valence electrons. The molecule has 3 N–H and O–H groups in total. The lowest BCUT2D eigenvalue weighted by atomic mass is 10.1. The topological polar surface area (TPSA) is 76.2 Å². The van der Waals surface area contributed by atoms with Gasteiger partial charge in [0.25, 0.3) is 0 Å². The van der Waals surface area contributed by atoms with Gasteiger partial charge >= 0.3 is 0 Å². The van der Waals surface area contributed by atoms with Crippen LogP contribution in [0.15, 0.2) is 24.5 Å². The highest BCUT2D eigenvalue weighted by Gasteiger charge is 2.20. The maximum Gasteiger partial charge on any atom is 0.228 e. The number of hydrogen-bond acceptors (Lipinski definition) is 4. The lowest BCUT2D eigenvalue weighted by molar-refractivity contribution is -0.115. The number of fused-ring (bicyclic) bond motifs is 1. The Morgan fingerprint density at radius 1 is 1.50 bits per heavy atom. The number of rotatable bonds is 3. The molecule has 6 nitrogen and oxygen atoms in total. The molecule has 0 radical (unpaired) electrons. The van der Waals surface area contributed by atoms with E-state index >= 15 is 0 Å². The predicted molar refractivity (Wildman–Crippen MR) is 78.5 cm³/mol. The minimum Gasteiger partial charge on any atom is -0.397 e. The average Bonchev–Trinajstić information content (AvgIpc) is 2.93. The maximum absolute atomic E-state index is 11.4. The molecule has 1 amide bonds. The van der Waals surface area contributed by atoms with Gasteiger partial charge in [-0.2, -0.15) is 5.10 Å². The highest BCUT2D eigenvalue weighted by Crippen LogP contribution is 2.33. The molecule has 0 fully saturated rings. The number of carbonyl (C=O) groups excluding carboxylic acids is 1.